The minimum atomic E-state index is -0.706. The van der Waals surface area contributed by atoms with Crippen molar-refractivity contribution in [1.29, 1.82) is 0 Å². The lowest BCUT2D eigenvalue weighted by Crippen LogP contribution is -2.33. The van der Waals surface area contributed by atoms with E-state index in [9.17, 15) is 19.1 Å². The Balaban J connectivity index is 1.41. The predicted octanol–water partition coefficient (Wildman–Crippen LogP) is 4.35. The number of Topliss-reactive ketones (excluding diaryl/α,β-unsaturated/α-hetero) is 1. The van der Waals surface area contributed by atoms with Crippen molar-refractivity contribution in [2.75, 3.05) is 13.7 Å². The summed E-state index contributed by atoms with van der Waals surface area (Å²) in [5.41, 5.74) is 1.85. The summed E-state index contributed by atoms with van der Waals surface area (Å²) in [5, 5.41) is 13.1. The number of nitrogens with zero attached hydrogens (tertiary/aromatic N) is 1. The molecule has 0 aliphatic rings. The van der Waals surface area contributed by atoms with Crippen molar-refractivity contribution in [2.45, 2.75) is 12.8 Å². The van der Waals surface area contributed by atoms with Gasteiger partial charge in [-0.2, -0.15) is 0 Å². The molecule has 1 amide bonds. The molecule has 0 aliphatic heterocycles. The molecule has 0 aliphatic carbocycles. The summed E-state index contributed by atoms with van der Waals surface area (Å²) >= 11 is 0. The lowest BCUT2D eigenvalue weighted by atomic mass is 10.1. The highest BCUT2D eigenvalue weighted by atomic mass is 19.1. The number of carbonyl (C=O) groups excluding carboxylic acids is 2. The van der Waals surface area contributed by atoms with Crippen LogP contribution in [0.5, 0.6) is 23.0 Å². The van der Waals surface area contributed by atoms with Gasteiger partial charge >= 0.3 is 0 Å². The van der Waals surface area contributed by atoms with Gasteiger partial charge in [-0.1, -0.05) is 36.4 Å². The molecule has 0 unspecified atom stereocenters. The zero-order valence-corrected chi connectivity index (χ0v) is 19.0. The van der Waals surface area contributed by atoms with Crippen LogP contribution in [0.3, 0.4) is 0 Å². The Kier molecular flexibility index (Phi) is 7.21. The predicted molar refractivity (Wildman–Crippen MR) is 128 cm³/mol. The quantitative estimate of drug-likeness (QED) is 0.350. The van der Waals surface area contributed by atoms with Crippen LogP contribution in [0.1, 0.15) is 11.1 Å². The molecule has 0 spiro atoms. The number of phenols is 1. The van der Waals surface area contributed by atoms with Crippen LogP contribution in [0.4, 0.5) is 4.39 Å². The van der Waals surface area contributed by atoms with Crippen molar-refractivity contribution < 1.29 is 28.6 Å². The second-order valence-corrected chi connectivity index (χ2v) is 7.81. The molecular formula is C27H23FN2O5. The molecule has 7 nitrogen and oxygen atoms in total. The van der Waals surface area contributed by atoms with Gasteiger partial charge in [-0.25, -0.2) is 4.39 Å². The van der Waals surface area contributed by atoms with Crippen LogP contribution < -0.4 is 14.8 Å². The molecule has 3 aromatic carbocycles. The molecule has 0 saturated carbocycles. The third-order valence-corrected chi connectivity index (χ3v) is 5.38. The van der Waals surface area contributed by atoms with E-state index < -0.39 is 17.5 Å². The molecule has 0 radical (unpaired) electrons. The third kappa shape index (κ3) is 5.73. The first kappa shape index (κ1) is 23.7. The van der Waals surface area contributed by atoms with Gasteiger partial charge in [0.15, 0.2) is 23.1 Å². The minimum absolute atomic E-state index is 0.0620. The van der Waals surface area contributed by atoms with Crippen LogP contribution in [-0.4, -0.2) is 35.4 Å². The number of carbonyl (C=O) groups is 2. The molecule has 2 N–H and O–H groups in total. The number of ketones is 1. The van der Waals surface area contributed by atoms with E-state index in [0.29, 0.717) is 35.2 Å². The fourth-order valence-corrected chi connectivity index (χ4v) is 3.57. The highest BCUT2D eigenvalue weighted by Crippen LogP contribution is 2.36. The molecule has 0 saturated heterocycles. The molecule has 0 bridgehead atoms. The Morgan fingerprint density at radius 3 is 2.51 bits per heavy atom. The Morgan fingerprint density at radius 2 is 1.77 bits per heavy atom. The average Bonchev–Trinajstić information content (AvgIpc) is 2.86. The van der Waals surface area contributed by atoms with Gasteiger partial charge in [0, 0.05) is 30.6 Å². The third-order valence-electron chi connectivity index (χ3n) is 5.38. The molecule has 1 aromatic heterocycles. The second kappa shape index (κ2) is 10.6. The molecule has 4 rings (SSSR count). The van der Waals surface area contributed by atoms with Crippen molar-refractivity contribution >= 4 is 22.6 Å². The maximum atomic E-state index is 14.8. The number of pyridine rings is 1. The monoisotopic (exact) mass is 474 g/mol. The zero-order chi connectivity index (χ0) is 24.8. The first-order chi connectivity index (χ1) is 16.9. The maximum Gasteiger partial charge on any atom is 0.287 e. The van der Waals surface area contributed by atoms with Gasteiger partial charge in [-0.15, -0.1) is 0 Å². The van der Waals surface area contributed by atoms with Crippen molar-refractivity contribution in [3.05, 3.63) is 89.9 Å². The Bertz CT molecular complexity index is 1380. The lowest BCUT2D eigenvalue weighted by molar-refractivity contribution is -0.137. The van der Waals surface area contributed by atoms with E-state index in [0.717, 1.165) is 5.56 Å². The molecule has 0 fully saturated rings. The number of hydrogen-bond acceptors (Lipinski definition) is 6. The number of benzene rings is 3. The number of rotatable bonds is 9. The van der Waals surface area contributed by atoms with E-state index in [2.05, 4.69) is 10.3 Å². The van der Waals surface area contributed by atoms with Crippen molar-refractivity contribution in [3.63, 3.8) is 0 Å². The second-order valence-electron chi connectivity index (χ2n) is 7.81. The van der Waals surface area contributed by atoms with Gasteiger partial charge in [-0.05, 0) is 41.8 Å². The van der Waals surface area contributed by atoms with Crippen LogP contribution in [-0.2, 0) is 22.4 Å². The number of methoxy groups -OCH3 is 1. The summed E-state index contributed by atoms with van der Waals surface area (Å²) < 4.78 is 25.6. The SMILES string of the molecule is COc1cc2c(Oc3ccc(CC(=O)C(=O)NCCc4ccccc4)cc3F)ccnc2cc1O. The number of hydrogen-bond donors (Lipinski definition) is 2. The van der Waals surface area contributed by atoms with E-state index in [-0.39, 0.29) is 23.7 Å². The number of ether oxygens (including phenoxy) is 2. The number of halogens is 1. The van der Waals surface area contributed by atoms with Gasteiger partial charge in [0.25, 0.3) is 5.91 Å². The number of phenolic OH excluding ortho intramolecular Hbond substituents is 1. The summed E-state index contributed by atoms with van der Waals surface area (Å²) in [4.78, 5) is 28.6. The number of aromatic nitrogens is 1. The summed E-state index contributed by atoms with van der Waals surface area (Å²) in [5.74, 6) is -1.64. The zero-order valence-electron chi connectivity index (χ0n) is 19.0. The van der Waals surface area contributed by atoms with Crippen LogP contribution >= 0.6 is 0 Å². The van der Waals surface area contributed by atoms with Crippen molar-refractivity contribution in [2.24, 2.45) is 0 Å². The smallest absolute Gasteiger partial charge is 0.287 e. The Hall–Kier alpha value is -4.46. The fraction of sp³-hybridized carbons (Fsp3) is 0.148. The summed E-state index contributed by atoms with van der Waals surface area (Å²) in [6, 6.07) is 18.2. The van der Waals surface area contributed by atoms with Crippen LogP contribution in [0.2, 0.25) is 0 Å². The van der Waals surface area contributed by atoms with Crippen LogP contribution in [0.15, 0.2) is 72.9 Å². The first-order valence-corrected chi connectivity index (χ1v) is 10.9. The normalized spacial score (nSPS) is 10.7. The first-order valence-electron chi connectivity index (χ1n) is 10.9. The topological polar surface area (TPSA) is 97.8 Å². The molecule has 0 atom stereocenters. The number of nitrogens with one attached hydrogen (secondary N) is 1. The molecule has 4 aromatic rings. The van der Waals surface area contributed by atoms with E-state index in [1.807, 2.05) is 30.3 Å². The van der Waals surface area contributed by atoms with Gasteiger partial charge in [0.05, 0.1) is 12.6 Å². The van der Waals surface area contributed by atoms with Gasteiger partial charge in [0.2, 0.25) is 5.78 Å². The summed E-state index contributed by atoms with van der Waals surface area (Å²) in [6.45, 7) is 0.332. The lowest BCUT2D eigenvalue weighted by Gasteiger charge is -2.12. The molecule has 35 heavy (non-hydrogen) atoms. The number of fused-ring (bicyclic) bond motifs is 1. The van der Waals surface area contributed by atoms with E-state index in [1.54, 1.807) is 12.1 Å². The molecule has 178 valence electrons. The molecule has 1 heterocycles. The average molecular weight is 474 g/mol. The van der Waals surface area contributed by atoms with E-state index in [1.165, 1.54) is 37.6 Å². The largest absolute Gasteiger partial charge is 0.504 e. The standard InChI is InChI=1S/C27H23FN2O5/c1-34-26-15-19-21(16-22(26)31)29-12-10-24(19)35-25-8-7-18(13-20(25)28)14-23(32)27(33)30-11-9-17-5-3-2-4-6-17/h2-8,10,12-13,15-16,31H,9,11,14H2,1H3,(H,30,33). The van der Waals surface area contributed by atoms with Gasteiger partial charge in [0.1, 0.15) is 5.75 Å². The minimum Gasteiger partial charge on any atom is -0.504 e. The highest BCUT2D eigenvalue weighted by Gasteiger charge is 2.16. The number of amides is 1. The maximum absolute atomic E-state index is 14.8. The highest BCUT2D eigenvalue weighted by molar-refractivity contribution is 6.36. The van der Waals surface area contributed by atoms with Crippen LogP contribution in [0, 0.1) is 5.82 Å². The van der Waals surface area contributed by atoms with E-state index >= 15 is 0 Å². The molecule has 8 heteroatoms. The van der Waals surface area contributed by atoms with Gasteiger partial charge < -0.3 is 19.9 Å². The van der Waals surface area contributed by atoms with Crippen LogP contribution in [0.25, 0.3) is 10.9 Å². The van der Waals surface area contributed by atoms with Gasteiger partial charge in [-0.3, -0.25) is 14.6 Å². The molecular weight excluding hydrogens is 451 g/mol. The van der Waals surface area contributed by atoms with E-state index in [4.69, 9.17) is 9.47 Å². The summed E-state index contributed by atoms with van der Waals surface area (Å²) in [7, 11) is 1.42. The Morgan fingerprint density at radius 1 is 0.971 bits per heavy atom. The van der Waals surface area contributed by atoms with Crippen molar-refractivity contribution in [1.82, 2.24) is 10.3 Å². The fourth-order valence-electron chi connectivity index (χ4n) is 3.57. The summed E-state index contributed by atoms with van der Waals surface area (Å²) in [6.07, 6.45) is 1.85. The Labute approximate surface area is 201 Å². The van der Waals surface area contributed by atoms with Crippen molar-refractivity contribution in [3.8, 4) is 23.0 Å². The number of aromatic hydroxyl groups is 1.